The predicted octanol–water partition coefficient (Wildman–Crippen LogP) is 1.87. The maximum absolute atomic E-state index is 13.1. The topological polar surface area (TPSA) is 233 Å². The Morgan fingerprint density at radius 3 is 2.39 bits per heavy atom. The minimum absolute atomic E-state index is 0.00591. The Morgan fingerprint density at radius 1 is 1.02 bits per heavy atom. The molecule has 2 amide bonds. The minimum Gasteiger partial charge on any atom is -0.481 e. The van der Waals surface area contributed by atoms with E-state index in [1.807, 2.05) is 18.2 Å². The van der Waals surface area contributed by atoms with Crippen molar-refractivity contribution in [2.75, 3.05) is 12.3 Å². The summed E-state index contributed by atoms with van der Waals surface area (Å²) >= 11 is 1.28. The highest BCUT2D eigenvalue weighted by atomic mass is 32.2. The van der Waals surface area contributed by atoms with Crippen molar-refractivity contribution < 1.29 is 49.2 Å². The summed E-state index contributed by atoms with van der Waals surface area (Å²) in [5.74, 6) is -5.44. The van der Waals surface area contributed by atoms with Crippen LogP contribution in [0.2, 0.25) is 0 Å². The van der Waals surface area contributed by atoms with Gasteiger partial charge in [-0.15, -0.1) is 0 Å². The third-order valence-electron chi connectivity index (χ3n) is 7.23. The lowest BCUT2D eigenvalue weighted by atomic mass is 9.91. The van der Waals surface area contributed by atoms with Crippen molar-refractivity contribution in [2.24, 2.45) is 17.6 Å². The summed E-state index contributed by atoms with van der Waals surface area (Å²) in [7, 11) is 0. The average molecular weight is 642 g/mol. The molecule has 1 saturated carbocycles. The molecule has 0 spiro atoms. The van der Waals surface area contributed by atoms with Crippen LogP contribution < -0.4 is 16.4 Å². The Balaban J connectivity index is 3.03. The SMILES string of the molecule is CCCCC[C@H](O)/C=C/[C@H]1C(SC[C@@H](NC(=O)CC[C@@H](N)C(=O)O)C(=O)NCC(=O)O)CC(=O)[C@H]1C/C=C\CCCC(=O)O. The number of carbonyl (C=O) groups is 6. The molecule has 0 heterocycles. The van der Waals surface area contributed by atoms with Gasteiger partial charge in [0.1, 0.15) is 24.4 Å². The number of carboxylic acid groups (broad SMARTS) is 3. The van der Waals surface area contributed by atoms with Crippen LogP contribution in [-0.4, -0.2) is 91.7 Å². The third kappa shape index (κ3) is 16.0. The number of Topliss-reactive ketones (excluding diaryl/α,β-unsaturated/α-hetero) is 1. The summed E-state index contributed by atoms with van der Waals surface area (Å²) in [5.41, 5.74) is 5.46. The molecule has 0 aromatic carbocycles. The van der Waals surface area contributed by atoms with Crippen LogP contribution in [-0.2, 0) is 28.8 Å². The summed E-state index contributed by atoms with van der Waals surface area (Å²) in [6, 6.07) is -2.41. The molecule has 6 atom stereocenters. The standard InChI is InChI=1S/C30H47N3O10S/c1-2-3-6-9-19(34)12-13-21-20(10-7-4-5-8-11-27(37)38)24(35)16-25(21)44-18-23(29(41)32-17-28(39)40)33-26(36)15-14-22(31)30(42)43/h4,7,12-13,19-23,25,34H,2-3,5-6,8-11,14-18,31H2,1H3,(H,32,41)(H,33,36)(H,37,38)(H,39,40)(H,42,43)/b7-4-,13-12+/t19-,20-,21+,22+,23+,25?/m0/s1. The maximum atomic E-state index is 13.1. The molecule has 1 rings (SSSR count). The number of aliphatic carboxylic acids is 3. The number of nitrogens with two attached hydrogens (primary N) is 1. The van der Waals surface area contributed by atoms with E-state index in [9.17, 15) is 33.9 Å². The van der Waals surface area contributed by atoms with Crippen molar-refractivity contribution in [3.8, 4) is 0 Å². The Morgan fingerprint density at radius 2 is 1.75 bits per heavy atom. The Labute approximate surface area is 262 Å². The minimum atomic E-state index is -1.27. The van der Waals surface area contributed by atoms with E-state index in [-0.39, 0.29) is 48.4 Å². The molecular weight excluding hydrogens is 594 g/mol. The fourth-order valence-corrected chi connectivity index (χ4v) is 6.19. The van der Waals surface area contributed by atoms with E-state index in [4.69, 9.17) is 21.1 Å². The molecule has 8 N–H and O–H groups in total. The lowest BCUT2D eigenvalue weighted by molar-refractivity contribution is -0.139. The molecule has 0 aliphatic heterocycles. The number of nitrogens with one attached hydrogen (secondary N) is 2. The second-order valence-electron chi connectivity index (χ2n) is 10.9. The molecule has 0 saturated heterocycles. The van der Waals surface area contributed by atoms with Crippen LogP contribution in [0, 0.1) is 11.8 Å². The van der Waals surface area contributed by atoms with Gasteiger partial charge in [-0.05, 0) is 38.0 Å². The van der Waals surface area contributed by atoms with Crippen LogP contribution >= 0.6 is 11.8 Å². The molecule has 0 aromatic rings. The third-order valence-corrected chi connectivity index (χ3v) is 8.66. The molecule has 0 aromatic heterocycles. The number of carbonyl (C=O) groups excluding carboxylic acids is 3. The Kier molecular flexibility index (Phi) is 18.9. The molecule has 13 nitrogen and oxygen atoms in total. The molecule has 248 valence electrons. The van der Waals surface area contributed by atoms with E-state index >= 15 is 0 Å². The highest BCUT2D eigenvalue weighted by Crippen LogP contribution is 2.40. The lowest BCUT2D eigenvalue weighted by Crippen LogP contribution is -2.49. The zero-order chi connectivity index (χ0) is 33.1. The van der Waals surface area contributed by atoms with E-state index < -0.39 is 60.4 Å². The van der Waals surface area contributed by atoms with Crippen LogP contribution in [0.1, 0.15) is 77.6 Å². The number of rotatable bonds is 23. The van der Waals surface area contributed by atoms with Gasteiger partial charge < -0.3 is 36.8 Å². The van der Waals surface area contributed by atoms with Crippen molar-refractivity contribution in [3.05, 3.63) is 24.3 Å². The molecule has 1 unspecified atom stereocenters. The summed E-state index contributed by atoms with van der Waals surface area (Å²) in [5, 5.41) is 41.7. The van der Waals surface area contributed by atoms with Crippen LogP contribution in [0.25, 0.3) is 0 Å². The second-order valence-corrected chi connectivity index (χ2v) is 12.2. The van der Waals surface area contributed by atoms with Crippen LogP contribution in [0.15, 0.2) is 24.3 Å². The van der Waals surface area contributed by atoms with Gasteiger partial charge in [-0.3, -0.25) is 28.8 Å². The van der Waals surface area contributed by atoms with E-state index in [1.165, 1.54) is 11.8 Å². The number of hydrogen-bond donors (Lipinski definition) is 7. The zero-order valence-electron chi connectivity index (χ0n) is 25.2. The Hall–Kier alpha value is -3.23. The lowest BCUT2D eigenvalue weighted by Gasteiger charge is -2.23. The van der Waals surface area contributed by atoms with Gasteiger partial charge in [-0.1, -0.05) is 50.5 Å². The first-order chi connectivity index (χ1) is 20.8. The van der Waals surface area contributed by atoms with E-state index in [0.29, 0.717) is 25.7 Å². The molecule has 1 fully saturated rings. The van der Waals surface area contributed by atoms with Crippen molar-refractivity contribution in [2.45, 2.75) is 101 Å². The summed E-state index contributed by atoms with van der Waals surface area (Å²) in [6.07, 6.45) is 11.3. The zero-order valence-corrected chi connectivity index (χ0v) is 26.0. The van der Waals surface area contributed by atoms with Gasteiger partial charge in [-0.2, -0.15) is 11.8 Å². The van der Waals surface area contributed by atoms with Crippen molar-refractivity contribution in [1.29, 1.82) is 0 Å². The number of aliphatic hydroxyl groups is 1. The first-order valence-electron chi connectivity index (χ1n) is 15.0. The smallest absolute Gasteiger partial charge is 0.322 e. The first-order valence-corrected chi connectivity index (χ1v) is 16.0. The van der Waals surface area contributed by atoms with Crippen molar-refractivity contribution in [1.82, 2.24) is 10.6 Å². The highest BCUT2D eigenvalue weighted by molar-refractivity contribution is 8.00. The number of hydrogen-bond acceptors (Lipinski definition) is 9. The Bertz CT molecular complexity index is 1030. The average Bonchev–Trinajstić information content (AvgIpc) is 3.26. The highest BCUT2D eigenvalue weighted by Gasteiger charge is 2.41. The summed E-state index contributed by atoms with van der Waals surface area (Å²) in [6.45, 7) is 1.40. The van der Waals surface area contributed by atoms with Gasteiger partial charge in [0.25, 0.3) is 0 Å². The molecule has 44 heavy (non-hydrogen) atoms. The first kappa shape index (κ1) is 38.8. The van der Waals surface area contributed by atoms with Crippen LogP contribution in [0.4, 0.5) is 0 Å². The number of aliphatic hydroxyl groups excluding tert-OH is 1. The number of allylic oxidation sites excluding steroid dienone is 3. The molecule has 1 aliphatic carbocycles. The molecule has 0 bridgehead atoms. The predicted molar refractivity (Wildman–Crippen MR) is 165 cm³/mol. The maximum Gasteiger partial charge on any atom is 0.322 e. The van der Waals surface area contributed by atoms with Crippen LogP contribution in [0.5, 0.6) is 0 Å². The van der Waals surface area contributed by atoms with Gasteiger partial charge >= 0.3 is 17.9 Å². The number of amides is 2. The molecule has 0 radical (unpaired) electrons. The van der Waals surface area contributed by atoms with Gasteiger partial charge in [0.05, 0.1) is 6.10 Å². The van der Waals surface area contributed by atoms with Gasteiger partial charge in [0.15, 0.2) is 0 Å². The van der Waals surface area contributed by atoms with Gasteiger partial charge in [-0.25, -0.2) is 0 Å². The number of thioether (sulfide) groups is 1. The quantitative estimate of drug-likeness (QED) is 0.0626. The monoisotopic (exact) mass is 641 g/mol. The summed E-state index contributed by atoms with van der Waals surface area (Å²) < 4.78 is 0. The molecule has 14 heteroatoms. The fourth-order valence-electron chi connectivity index (χ4n) is 4.73. The van der Waals surface area contributed by atoms with Crippen LogP contribution in [0.3, 0.4) is 0 Å². The van der Waals surface area contributed by atoms with E-state index in [2.05, 4.69) is 17.6 Å². The van der Waals surface area contributed by atoms with E-state index in [0.717, 1.165) is 19.3 Å². The normalized spacial score (nSPS) is 20.4. The largest absolute Gasteiger partial charge is 0.481 e. The molecule has 1 aliphatic rings. The van der Waals surface area contributed by atoms with Crippen molar-refractivity contribution >= 4 is 47.3 Å². The number of carboxylic acids is 3. The van der Waals surface area contributed by atoms with Crippen molar-refractivity contribution in [3.63, 3.8) is 0 Å². The van der Waals surface area contributed by atoms with E-state index in [1.54, 1.807) is 6.08 Å². The van der Waals surface area contributed by atoms with Gasteiger partial charge in [0, 0.05) is 36.2 Å². The number of ketones is 1. The number of unbranched alkanes of at least 4 members (excludes halogenated alkanes) is 3. The second kappa shape index (κ2) is 21.5. The fraction of sp³-hybridized carbons (Fsp3) is 0.667. The summed E-state index contributed by atoms with van der Waals surface area (Å²) in [4.78, 5) is 71.1. The van der Waals surface area contributed by atoms with Gasteiger partial charge in [0.2, 0.25) is 11.8 Å². The molecular formula is C30H47N3O10S.